The van der Waals surface area contributed by atoms with E-state index >= 15 is 0 Å². The standard InChI is InChI=1S/C21H19BrClN3O4/c1-3-13-6-4-5-7-16(13)24-18(27)11-26-20(28)17(25-21(26)29)10-12-8-14(22)19(30-2)15(23)9-12/h4-10H,3,11H2,1-2H3,(H,24,27)(H,25,29)/b17-10+. The van der Waals surface area contributed by atoms with Crippen molar-refractivity contribution in [2.75, 3.05) is 19.0 Å². The maximum absolute atomic E-state index is 12.6. The third-order valence-corrected chi connectivity index (χ3v) is 5.34. The van der Waals surface area contributed by atoms with Crippen LogP contribution in [0.4, 0.5) is 10.5 Å². The van der Waals surface area contributed by atoms with Crippen molar-refractivity contribution in [3.05, 3.63) is 62.7 Å². The number of para-hydroxylation sites is 1. The van der Waals surface area contributed by atoms with E-state index in [9.17, 15) is 14.4 Å². The summed E-state index contributed by atoms with van der Waals surface area (Å²) in [6.45, 7) is 1.58. The van der Waals surface area contributed by atoms with Crippen molar-refractivity contribution in [2.24, 2.45) is 0 Å². The number of ether oxygens (including phenoxy) is 1. The van der Waals surface area contributed by atoms with E-state index in [1.165, 1.54) is 13.2 Å². The number of hydrogen-bond acceptors (Lipinski definition) is 4. The van der Waals surface area contributed by atoms with Gasteiger partial charge in [-0.05, 0) is 57.8 Å². The molecule has 0 radical (unpaired) electrons. The van der Waals surface area contributed by atoms with Crippen LogP contribution >= 0.6 is 27.5 Å². The second-order valence-electron chi connectivity index (χ2n) is 6.46. The van der Waals surface area contributed by atoms with Gasteiger partial charge in [0.05, 0.1) is 16.6 Å². The third kappa shape index (κ3) is 4.66. The van der Waals surface area contributed by atoms with Crippen LogP contribution < -0.4 is 15.4 Å². The molecule has 0 saturated carbocycles. The van der Waals surface area contributed by atoms with Crippen molar-refractivity contribution < 1.29 is 19.1 Å². The van der Waals surface area contributed by atoms with Crippen molar-refractivity contribution in [1.29, 1.82) is 0 Å². The average Bonchev–Trinajstić information content (AvgIpc) is 2.95. The van der Waals surface area contributed by atoms with Gasteiger partial charge in [0.15, 0.2) is 5.75 Å². The van der Waals surface area contributed by atoms with Gasteiger partial charge in [0.25, 0.3) is 5.91 Å². The van der Waals surface area contributed by atoms with Crippen LogP contribution in [0.15, 0.2) is 46.6 Å². The first-order valence-electron chi connectivity index (χ1n) is 9.09. The van der Waals surface area contributed by atoms with E-state index in [4.69, 9.17) is 16.3 Å². The second-order valence-corrected chi connectivity index (χ2v) is 7.72. The SMILES string of the molecule is CCc1ccccc1NC(=O)CN1C(=O)N/C(=C/c2cc(Cl)c(OC)c(Br)c2)C1=O. The van der Waals surface area contributed by atoms with Gasteiger partial charge in [0.2, 0.25) is 5.91 Å². The summed E-state index contributed by atoms with van der Waals surface area (Å²) < 4.78 is 5.78. The Hall–Kier alpha value is -2.84. The lowest BCUT2D eigenvalue weighted by Crippen LogP contribution is -2.38. The number of benzene rings is 2. The lowest BCUT2D eigenvalue weighted by molar-refractivity contribution is -0.127. The number of carbonyl (C=O) groups is 3. The Kier molecular flexibility index (Phi) is 6.79. The Labute approximate surface area is 187 Å². The first-order chi connectivity index (χ1) is 14.3. The molecule has 156 valence electrons. The third-order valence-electron chi connectivity index (χ3n) is 4.47. The minimum Gasteiger partial charge on any atom is -0.494 e. The smallest absolute Gasteiger partial charge is 0.329 e. The zero-order valence-corrected chi connectivity index (χ0v) is 18.6. The van der Waals surface area contributed by atoms with E-state index in [1.807, 2.05) is 19.1 Å². The molecular weight excluding hydrogens is 474 g/mol. The van der Waals surface area contributed by atoms with Crippen LogP contribution in [0.1, 0.15) is 18.1 Å². The molecule has 0 spiro atoms. The fourth-order valence-electron chi connectivity index (χ4n) is 3.02. The summed E-state index contributed by atoms with van der Waals surface area (Å²) in [7, 11) is 1.49. The summed E-state index contributed by atoms with van der Waals surface area (Å²) in [4.78, 5) is 38.2. The zero-order chi connectivity index (χ0) is 21.8. The summed E-state index contributed by atoms with van der Waals surface area (Å²) in [6.07, 6.45) is 2.23. The highest BCUT2D eigenvalue weighted by atomic mass is 79.9. The molecule has 0 aromatic heterocycles. The molecule has 1 aliphatic rings. The Bertz CT molecular complexity index is 1030. The number of methoxy groups -OCH3 is 1. The van der Waals surface area contributed by atoms with Gasteiger partial charge in [-0.25, -0.2) is 9.69 Å². The first-order valence-corrected chi connectivity index (χ1v) is 10.3. The number of anilines is 1. The minimum atomic E-state index is -0.663. The monoisotopic (exact) mass is 491 g/mol. The molecule has 2 aromatic carbocycles. The number of carbonyl (C=O) groups excluding carboxylic acids is 3. The number of imide groups is 1. The normalized spacial score (nSPS) is 14.8. The van der Waals surface area contributed by atoms with Gasteiger partial charge < -0.3 is 15.4 Å². The van der Waals surface area contributed by atoms with Crippen LogP contribution in [-0.2, 0) is 16.0 Å². The lowest BCUT2D eigenvalue weighted by Gasteiger charge is -2.13. The van der Waals surface area contributed by atoms with Crippen LogP contribution in [0.25, 0.3) is 6.08 Å². The van der Waals surface area contributed by atoms with Crippen LogP contribution in [-0.4, -0.2) is 36.4 Å². The fourth-order valence-corrected chi connectivity index (χ4v) is 4.08. The van der Waals surface area contributed by atoms with Crippen LogP contribution in [0.3, 0.4) is 0 Å². The molecule has 0 unspecified atom stereocenters. The number of hydrogen-bond donors (Lipinski definition) is 2. The van der Waals surface area contributed by atoms with Crippen LogP contribution in [0, 0.1) is 0 Å². The second kappa shape index (κ2) is 9.32. The van der Waals surface area contributed by atoms with Crippen molar-refractivity contribution in [1.82, 2.24) is 10.2 Å². The molecular formula is C21H19BrClN3O4. The quantitative estimate of drug-likeness (QED) is 0.467. The highest BCUT2D eigenvalue weighted by Gasteiger charge is 2.35. The number of aryl methyl sites for hydroxylation is 1. The number of halogens is 2. The molecule has 0 atom stereocenters. The predicted molar refractivity (Wildman–Crippen MR) is 118 cm³/mol. The zero-order valence-electron chi connectivity index (χ0n) is 16.3. The highest BCUT2D eigenvalue weighted by molar-refractivity contribution is 9.10. The highest BCUT2D eigenvalue weighted by Crippen LogP contribution is 2.34. The first kappa shape index (κ1) is 21.9. The predicted octanol–water partition coefficient (Wildman–Crippen LogP) is 4.20. The van der Waals surface area contributed by atoms with E-state index < -0.39 is 24.4 Å². The average molecular weight is 493 g/mol. The lowest BCUT2D eigenvalue weighted by atomic mass is 10.1. The van der Waals surface area contributed by atoms with Gasteiger partial charge in [0, 0.05) is 5.69 Å². The number of amides is 4. The number of nitrogens with one attached hydrogen (secondary N) is 2. The van der Waals surface area contributed by atoms with Gasteiger partial charge in [-0.3, -0.25) is 9.59 Å². The summed E-state index contributed by atoms with van der Waals surface area (Å²) in [5.41, 5.74) is 2.26. The van der Waals surface area contributed by atoms with Crippen molar-refractivity contribution in [2.45, 2.75) is 13.3 Å². The van der Waals surface area contributed by atoms with Crippen LogP contribution in [0.5, 0.6) is 5.75 Å². The number of rotatable bonds is 6. The Morgan fingerprint density at radius 2 is 2.03 bits per heavy atom. The molecule has 7 nitrogen and oxygen atoms in total. The Balaban J connectivity index is 1.75. The Morgan fingerprint density at radius 3 is 2.70 bits per heavy atom. The molecule has 1 heterocycles. The minimum absolute atomic E-state index is 0.0508. The van der Waals surface area contributed by atoms with Crippen LogP contribution in [0.2, 0.25) is 5.02 Å². The van der Waals surface area contributed by atoms with Crippen molar-refractivity contribution in [3.8, 4) is 5.75 Å². The molecule has 0 bridgehead atoms. The molecule has 1 saturated heterocycles. The Morgan fingerprint density at radius 1 is 1.30 bits per heavy atom. The summed E-state index contributed by atoms with van der Waals surface area (Å²) in [5, 5.41) is 5.59. The topological polar surface area (TPSA) is 87.7 Å². The van der Waals surface area contributed by atoms with Gasteiger partial charge >= 0.3 is 6.03 Å². The van der Waals surface area contributed by atoms with E-state index in [-0.39, 0.29) is 5.70 Å². The molecule has 9 heteroatoms. The maximum atomic E-state index is 12.6. The molecule has 2 aromatic rings. The summed E-state index contributed by atoms with van der Waals surface area (Å²) in [6, 6.07) is 10.0. The van der Waals surface area contributed by atoms with Gasteiger partial charge in [-0.1, -0.05) is 36.7 Å². The molecule has 3 rings (SSSR count). The number of urea groups is 1. The van der Waals surface area contributed by atoms with E-state index in [0.717, 1.165) is 16.9 Å². The molecule has 2 N–H and O–H groups in total. The molecule has 30 heavy (non-hydrogen) atoms. The van der Waals surface area contributed by atoms with E-state index in [2.05, 4.69) is 26.6 Å². The molecule has 0 aliphatic carbocycles. The van der Waals surface area contributed by atoms with Gasteiger partial charge in [-0.2, -0.15) is 0 Å². The van der Waals surface area contributed by atoms with Gasteiger partial charge in [-0.15, -0.1) is 0 Å². The largest absolute Gasteiger partial charge is 0.494 e. The molecule has 1 fully saturated rings. The van der Waals surface area contributed by atoms with E-state index in [1.54, 1.807) is 24.3 Å². The maximum Gasteiger partial charge on any atom is 0.329 e. The summed E-state index contributed by atoms with van der Waals surface area (Å²) in [5.74, 6) is -0.593. The number of nitrogens with zero attached hydrogens (tertiary/aromatic N) is 1. The summed E-state index contributed by atoms with van der Waals surface area (Å²) >= 11 is 9.51. The van der Waals surface area contributed by atoms with Gasteiger partial charge in [0.1, 0.15) is 12.2 Å². The van der Waals surface area contributed by atoms with Crippen molar-refractivity contribution in [3.63, 3.8) is 0 Å². The fraction of sp³-hybridized carbons (Fsp3) is 0.190. The van der Waals surface area contributed by atoms with E-state index in [0.29, 0.717) is 26.5 Å². The molecule has 4 amide bonds. The van der Waals surface area contributed by atoms with Crippen molar-refractivity contribution >= 4 is 57.1 Å². The molecule has 1 aliphatic heterocycles.